The number of hydrogen-bond donors (Lipinski definition) is 3. The number of nitrogens with one attached hydrogen (secondary N) is 1. The number of halogens is 1. The second-order valence-electron chi connectivity index (χ2n) is 11.8. The lowest BCUT2D eigenvalue weighted by molar-refractivity contribution is -0.173. The summed E-state index contributed by atoms with van der Waals surface area (Å²) in [4.78, 5) is 6.16. The van der Waals surface area contributed by atoms with Gasteiger partial charge >= 0.3 is 0 Å². The number of fused-ring (bicyclic) bond motifs is 6. The monoisotopic (exact) mass is 482 g/mol. The highest BCUT2D eigenvalue weighted by atomic mass is 19.1. The molecule has 2 aliphatic heterocycles. The number of aromatic nitrogens is 1. The molecular formula is C30H27FN2O3. The van der Waals surface area contributed by atoms with Crippen LogP contribution in [0.15, 0.2) is 42.5 Å². The van der Waals surface area contributed by atoms with Gasteiger partial charge in [-0.1, -0.05) is 30.3 Å². The van der Waals surface area contributed by atoms with Gasteiger partial charge in [0.1, 0.15) is 5.82 Å². The minimum Gasteiger partial charge on any atom is -0.504 e. The van der Waals surface area contributed by atoms with E-state index in [0.29, 0.717) is 17.6 Å². The Balaban J connectivity index is 1.35. The van der Waals surface area contributed by atoms with E-state index in [9.17, 15) is 10.2 Å². The van der Waals surface area contributed by atoms with Gasteiger partial charge in [-0.05, 0) is 61.4 Å². The third kappa shape index (κ3) is 2.13. The molecule has 5 nitrogen and oxygen atoms in total. The second kappa shape index (κ2) is 6.24. The lowest BCUT2D eigenvalue weighted by atomic mass is 9.49. The summed E-state index contributed by atoms with van der Waals surface area (Å²) in [5.74, 6) is 1.13. The molecule has 1 aromatic heterocycles. The molecule has 4 aromatic rings. The molecule has 9 rings (SSSR count). The number of H-pyrrole nitrogens is 1. The van der Waals surface area contributed by atoms with Crippen LogP contribution in [0.2, 0.25) is 0 Å². The van der Waals surface area contributed by atoms with Crippen LogP contribution >= 0.6 is 0 Å². The van der Waals surface area contributed by atoms with Crippen LogP contribution in [0, 0.1) is 11.7 Å². The third-order valence-electron chi connectivity index (χ3n) is 10.1. The first-order chi connectivity index (χ1) is 17.5. The summed E-state index contributed by atoms with van der Waals surface area (Å²) < 4.78 is 21.9. The Hall–Kier alpha value is -3.09. The van der Waals surface area contributed by atoms with E-state index in [2.05, 4.69) is 9.88 Å². The summed E-state index contributed by atoms with van der Waals surface area (Å²) in [6.45, 7) is 1.93. The number of aliphatic hydroxyl groups is 1. The van der Waals surface area contributed by atoms with Crippen LogP contribution in [0.4, 0.5) is 4.39 Å². The Morgan fingerprint density at radius 1 is 1.11 bits per heavy atom. The van der Waals surface area contributed by atoms with E-state index in [1.54, 1.807) is 12.1 Å². The molecule has 1 saturated heterocycles. The largest absolute Gasteiger partial charge is 0.504 e. The van der Waals surface area contributed by atoms with Gasteiger partial charge < -0.3 is 19.9 Å². The van der Waals surface area contributed by atoms with Gasteiger partial charge in [0.15, 0.2) is 17.6 Å². The molecule has 4 atom stereocenters. The summed E-state index contributed by atoms with van der Waals surface area (Å²) in [6, 6.07) is 12.9. The number of ether oxygens (including phenoxy) is 1. The SMILES string of the molecule is Oc1ccc2c3c1O[C@H]1c4[nH]c5c(cc(F)c6ccccc65)c4C[C@@]4(O)[C@@H](C2)N(CC2CC2)CC[C@]314. The number of aromatic hydroxyl groups is 1. The zero-order valence-electron chi connectivity index (χ0n) is 19.9. The fraction of sp³-hybridized carbons (Fsp3) is 0.400. The van der Waals surface area contributed by atoms with Crippen molar-refractivity contribution in [2.24, 2.45) is 5.92 Å². The standard InChI is InChI=1S/C30H27FN2O3/c31-21-12-19-20-13-30(35)23-11-16-7-8-22(34)27-24(16)29(30,9-10-33(23)14-15-5-6-15)28(36-27)26(20)32-25(19)18-4-2-1-3-17(18)21/h1-4,7-8,12,15,23,28,32,34-35H,5-6,9-11,13-14H2/t23-,28+,29+,30-/m1/s1. The van der Waals surface area contributed by atoms with Crippen LogP contribution in [-0.4, -0.2) is 44.8 Å². The van der Waals surface area contributed by atoms with Gasteiger partial charge in [-0.3, -0.25) is 4.90 Å². The molecule has 182 valence electrons. The first-order valence-electron chi connectivity index (χ1n) is 13.2. The molecule has 1 saturated carbocycles. The molecule has 2 bridgehead atoms. The predicted octanol–water partition coefficient (Wildman–Crippen LogP) is 4.86. The Bertz CT molecular complexity index is 1640. The van der Waals surface area contributed by atoms with Crippen LogP contribution in [0.5, 0.6) is 11.5 Å². The number of likely N-dealkylation sites (tertiary alicyclic amines) is 1. The van der Waals surface area contributed by atoms with Gasteiger partial charge in [0, 0.05) is 40.7 Å². The number of benzene rings is 3. The molecule has 3 N–H and O–H groups in total. The van der Waals surface area contributed by atoms with Crippen molar-refractivity contribution < 1.29 is 19.3 Å². The lowest BCUT2D eigenvalue weighted by Crippen LogP contribution is -2.74. The lowest BCUT2D eigenvalue weighted by Gasteiger charge is -2.62. The van der Waals surface area contributed by atoms with Crippen molar-refractivity contribution in [2.75, 3.05) is 13.1 Å². The number of phenols is 1. The molecule has 0 unspecified atom stereocenters. The van der Waals surface area contributed by atoms with Crippen molar-refractivity contribution >= 4 is 21.7 Å². The molecule has 2 fully saturated rings. The second-order valence-corrected chi connectivity index (χ2v) is 11.8. The predicted molar refractivity (Wildman–Crippen MR) is 134 cm³/mol. The molecule has 36 heavy (non-hydrogen) atoms. The molecule has 6 heteroatoms. The van der Waals surface area contributed by atoms with Gasteiger partial charge in [-0.15, -0.1) is 0 Å². The topological polar surface area (TPSA) is 68.7 Å². The van der Waals surface area contributed by atoms with E-state index < -0.39 is 17.1 Å². The normalized spacial score (nSPS) is 31.9. The minimum absolute atomic E-state index is 0.0376. The van der Waals surface area contributed by atoms with E-state index >= 15 is 4.39 Å². The molecule has 0 amide bonds. The molecular weight excluding hydrogens is 455 g/mol. The Labute approximate surface area is 207 Å². The molecule has 5 aliphatic rings. The fourth-order valence-electron chi connectivity index (χ4n) is 8.41. The number of rotatable bonds is 2. The maximum Gasteiger partial charge on any atom is 0.166 e. The van der Waals surface area contributed by atoms with Crippen LogP contribution < -0.4 is 4.74 Å². The summed E-state index contributed by atoms with van der Waals surface area (Å²) >= 11 is 0. The molecule has 3 aromatic carbocycles. The van der Waals surface area contributed by atoms with Crippen molar-refractivity contribution in [1.82, 2.24) is 9.88 Å². The molecule has 3 heterocycles. The van der Waals surface area contributed by atoms with E-state index in [-0.39, 0.29) is 17.6 Å². The van der Waals surface area contributed by atoms with E-state index in [1.807, 2.05) is 30.3 Å². The van der Waals surface area contributed by atoms with Gasteiger partial charge in [-0.2, -0.15) is 0 Å². The van der Waals surface area contributed by atoms with Gasteiger partial charge in [0.25, 0.3) is 0 Å². The van der Waals surface area contributed by atoms with E-state index in [0.717, 1.165) is 65.0 Å². The summed E-state index contributed by atoms with van der Waals surface area (Å²) in [5, 5.41) is 26.0. The molecule has 1 spiro atoms. The van der Waals surface area contributed by atoms with Crippen LogP contribution in [0.3, 0.4) is 0 Å². The quantitative estimate of drug-likeness (QED) is 0.382. The average molecular weight is 483 g/mol. The van der Waals surface area contributed by atoms with Crippen LogP contribution in [-0.2, 0) is 18.3 Å². The summed E-state index contributed by atoms with van der Waals surface area (Å²) in [5.41, 5.74) is 3.23. The number of hydrogen-bond acceptors (Lipinski definition) is 4. The Kier molecular flexibility index (Phi) is 3.47. The van der Waals surface area contributed by atoms with Crippen molar-refractivity contribution in [1.29, 1.82) is 0 Å². The number of phenolic OH excluding ortho intramolecular Hbond substituents is 1. The highest BCUT2D eigenvalue weighted by molar-refractivity contribution is 6.07. The van der Waals surface area contributed by atoms with E-state index in [1.165, 1.54) is 18.4 Å². The van der Waals surface area contributed by atoms with E-state index in [4.69, 9.17) is 4.74 Å². The van der Waals surface area contributed by atoms with Crippen LogP contribution in [0.25, 0.3) is 21.7 Å². The van der Waals surface area contributed by atoms with Gasteiger partial charge in [0.2, 0.25) is 0 Å². The number of nitrogens with zero attached hydrogens (tertiary/aromatic N) is 1. The van der Waals surface area contributed by atoms with Gasteiger partial charge in [0.05, 0.1) is 22.2 Å². The fourth-order valence-corrected chi connectivity index (χ4v) is 8.41. The first kappa shape index (κ1) is 20.0. The maximum atomic E-state index is 15.3. The van der Waals surface area contributed by atoms with Crippen molar-refractivity contribution in [3.8, 4) is 11.5 Å². The van der Waals surface area contributed by atoms with Crippen molar-refractivity contribution in [3.63, 3.8) is 0 Å². The number of aromatic amines is 1. The smallest absolute Gasteiger partial charge is 0.166 e. The summed E-state index contributed by atoms with van der Waals surface area (Å²) in [6.07, 6.45) is 4.04. The third-order valence-corrected chi connectivity index (χ3v) is 10.1. The zero-order valence-corrected chi connectivity index (χ0v) is 19.9. The molecule has 0 radical (unpaired) electrons. The average Bonchev–Trinajstić information content (AvgIpc) is 3.52. The van der Waals surface area contributed by atoms with Crippen LogP contribution in [0.1, 0.15) is 47.8 Å². The Morgan fingerprint density at radius 3 is 2.78 bits per heavy atom. The zero-order chi connectivity index (χ0) is 24.0. The summed E-state index contributed by atoms with van der Waals surface area (Å²) in [7, 11) is 0. The minimum atomic E-state index is -1.07. The highest BCUT2D eigenvalue weighted by Crippen LogP contribution is 2.69. The van der Waals surface area contributed by atoms with Gasteiger partial charge in [-0.25, -0.2) is 4.39 Å². The Morgan fingerprint density at radius 2 is 1.94 bits per heavy atom. The first-order valence-corrected chi connectivity index (χ1v) is 13.2. The number of piperidine rings is 1. The molecule has 3 aliphatic carbocycles. The van der Waals surface area contributed by atoms with Crippen molar-refractivity contribution in [3.05, 3.63) is 70.7 Å². The highest BCUT2D eigenvalue weighted by Gasteiger charge is 2.72. The maximum absolute atomic E-state index is 15.3. The van der Waals surface area contributed by atoms with Crippen molar-refractivity contribution in [2.45, 2.75) is 55.3 Å².